The van der Waals surface area contributed by atoms with Crippen LogP contribution in [-0.4, -0.2) is 42.6 Å². The third-order valence-corrected chi connectivity index (χ3v) is 7.48. The van der Waals surface area contributed by atoms with Crippen LogP contribution in [0.15, 0.2) is 24.3 Å². The van der Waals surface area contributed by atoms with E-state index in [2.05, 4.69) is 28.4 Å². The number of carbonyl (C=O) groups is 1. The minimum Gasteiger partial charge on any atom is -0.380 e. The van der Waals surface area contributed by atoms with Gasteiger partial charge in [0.2, 0.25) is 0 Å². The van der Waals surface area contributed by atoms with Crippen LogP contribution >= 0.6 is 11.3 Å². The fraction of sp³-hybridized carbons (Fsp3) is 0.550. The van der Waals surface area contributed by atoms with Crippen molar-refractivity contribution in [3.8, 4) is 0 Å². The standard InChI is InChI=1S/C20H24N2O2S/c1-24-12-13-2-3-15-11-17(25-16(15)10-13)19(23)21-18-14-4-8-22(9-5-14)20(18)6-7-20/h2-3,10-11,14,18H,4-9,12H2,1H3,(H,21,23)/t18-/m0/s1. The molecule has 0 radical (unpaired) electrons. The summed E-state index contributed by atoms with van der Waals surface area (Å²) in [6, 6.07) is 8.68. The summed E-state index contributed by atoms with van der Waals surface area (Å²) < 4.78 is 6.37. The van der Waals surface area contributed by atoms with Gasteiger partial charge in [0.25, 0.3) is 5.91 Å². The van der Waals surface area contributed by atoms with Crippen LogP contribution in [0.2, 0.25) is 0 Å². The zero-order chi connectivity index (χ0) is 17.0. The molecule has 4 fully saturated rings. The maximum atomic E-state index is 12.9. The molecule has 1 N–H and O–H groups in total. The summed E-state index contributed by atoms with van der Waals surface area (Å²) in [4.78, 5) is 16.4. The molecule has 25 heavy (non-hydrogen) atoms. The highest BCUT2D eigenvalue weighted by atomic mass is 32.1. The van der Waals surface area contributed by atoms with E-state index in [4.69, 9.17) is 4.74 Å². The highest BCUT2D eigenvalue weighted by Crippen LogP contribution is 2.53. The molecule has 3 saturated heterocycles. The van der Waals surface area contributed by atoms with E-state index in [1.807, 2.05) is 6.07 Å². The Hall–Kier alpha value is -1.43. The Bertz CT molecular complexity index is 818. The lowest BCUT2D eigenvalue weighted by Gasteiger charge is -2.52. The first-order chi connectivity index (χ1) is 12.2. The second kappa shape index (κ2) is 5.79. The van der Waals surface area contributed by atoms with Gasteiger partial charge in [0.15, 0.2) is 0 Å². The van der Waals surface area contributed by atoms with Crippen LogP contribution in [0.3, 0.4) is 0 Å². The third-order valence-electron chi connectivity index (χ3n) is 6.39. The van der Waals surface area contributed by atoms with Gasteiger partial charge >= 0.3 is 0 Å². The molecule has 1 saturated carbocycles. The number of ether oxygens (including phenoxy) is 1. The predicted molar refractivity (Wildman–Crippen MR) is 100 cm³/mol. The molecule has 3 aliphatic heterocycles. The van der Waals surface area contributed by atoms with Gasteiger partial charge in [0.1, 0.15) is 0 Å². The minimum atomic E-state index is 0.111. The first-order valence-corrected chi connectivity index (χ1v) is 10.1. The first kappa shape index (κ1) is 15.8. The molecule has 1 aromatic heterocycles. The molecule has 4 nitrogen and oxygen atoms in total. The number of thiophene rings is 1. The summed E-state index contributed by atoms with van der Waals surface area (Å²) in [5, 5.41) is 4.57. The van der Waals surface area contributed by atoms with E-state index in [0.29, 0.717) is 24.1 Å². The smallest absolute Gasteiger partial charge is 0.261 e. The topological polar surface area (TPSA) is 41.6 Å². The van der Waals surface area contributed by atoms with Crippen LogP contribution in [0.5, 0.6) is 0 Å². The van der Waals surface area contributed by atoms with E-state index in [0.717, 1.165) is 20.5 Å². The number of hydrogen-bond acceptors (Lipinski definition) is 4. The quantitative estimate of drug-likeness (QED) is 0.913. The lowest BCUT2D eigenvalue weighted by atomic mass is 9.77. The van der Waals surface area contributed by atoms with Crippen LogP contribution in [-0.2, 0) is 11.3 Å². The van der Waals surface area contributed by atoms with Gasteiger partial charge in [-0.05, 0) is 67.8 Å². The zero-order valence-electron chi connectivity index (χ0n) is 14.6. The summed E-state index contributed by atoms with van der Waals surface area (Å²) in [7, 11) is 1.71. The fourth-order valence-electron chi connectivity index (χ4n) is 4.98. The Labute approximate surface area is 152 Å². The minimum absolute atomic E-state index is 0.111. The number of nitrogens with zero attached hydrogens (tertiary/aromatic N) is 1. The molecular weight excluding hydrogens is 332 g/mol. The molecule has 1 atom stereocenters. The van der Waals surface area contributed by atoms with Crippen molar-refractivity contribution in [3.63, 3.8) is 0 Å². The number of rotatable bonds is 4. The monoisotopic (exact) mass is 356 g/mol. The Kier molecular flexibility index (Phi) is 3.66. The second-order valence-corrected chi connectivity index (χ2v) is 8.88. The van der Waals surface area contributed by atoms with Gasteiger partial charge in [-0.3, -0.25) is 9.69 Å². The number of fused-ring (bicyclic) bond motifs is 3. The van der Waals surface area contributed by atoms with E-state index in [9.17, 15) is 4.79 Å². The van der Waals surface area contributed by atoms with E-state index in [1.165, 1.54) is 38.8 Å². The summed E-state index contributed by atoms with van der Waals surface area (Å²) in [5.41, 5.74) is 1.44. The number of amides is 1. The van der Waals surface area contributed by atoms with Crippen molar-refractivity contribution in [2.75, 3.05) is 20.2 Å². The average Bonchev–Trinajstić information content (AvgIpc) is 3.29. The predicted octanol–water partition coefficient (Wildman–Crippen LogP) is 3.40. The highest BCUT2D eigenvalue weighted by molar-refractivity contribution is 7.20. The van der Waals surface area contributed by atoms with Crippen molar-refractivity contribution >= 4 is 27.3 Å². The molecule has 132 valence electrons. The molecule has 2 aromatic rings. The van der Waals surface area contributed by atoms with E-state index < -0.39 is 0 Å². The van der Waals surface area contributed by atoms with Gasteiger partial charge in [-0.1, -0.05) is 12.1 Å². The molecule has 1 spiro atoms. The Morgan fingerprint density at radius 1 is 1.32 bits per heavy atom. The Morgan fingerprint density at radius 3 is 2.84 bits per heavy atom. The van der Waals surface area contributed by atoms with Crippen LogP contribution in [0.1, 0.15) is 40.9 Å². The maximum Gasteiger partial charge on any atom is 0.261 e. The van der Waals surface area contributed by atoms with Gasteiger partial charge in [0, 0.05) is 17.3 Å². The SMILES string of the molecule is COCc1ccc2cc(C(=O)N[C@H]3C4CCN(CC4)C34CC4)sc2c1. The summed E-state index contributed by atoms with van der Waals surface area (Å²) in [6.07, 6.45) is 4.97. The van der Waals surface area contributed by atoms with Crippen molar-refractivity contribution in [3.05, 3.63) is 34.7 Å². The number of benzene rings is 1. The van der Waals surface area contributed by atoms with Crippen molar-refractivity contribution in [2.24, 2.45) is 5.92 Å². The van der Waals surface area contributed by atoms with Gasteiger partial charge < -0.3 is 10.1 Å². The highest BCUT2D eigenvalue weighted by Gasteiger charge is 2.60. The number of carbonyl (C=O) groups excluding carboxylic acids is 1. The van der Waals surface area contributed by atoms with Gasteiger partial charge in [-0.25, -0.2) is 0 Å². The molecule has 2 bridgehead atoms. The van der Waals surface area contributed by atoms with Crippen LogP contribution in [0.4, 0.5) is 0 Å². The number of methoxy groups -OCH3 is 1. The molecular formula is C20H24N2O2S. The number of piperidine rings is 3. The van der Waals surface area contributed by atoms with Crippen molar-refractivity contribution in [1.82, 2.24) is 10.2 Å². The third kappa shape index (κ3) is 2.52. The van der Waals surface area contributed by atoms with Crippen molar-refractivity contribution in [2.45, 2.75) is 43.9 Å². The molecule has 4 aliphatic rings. The largest absolute Gasteiger partial charge is 0.380 e. The second-order valence-electron chi connectivity index (χ2n) is 7.80. The molecule has 5 heteroatoms. The van der Waals surface area contributed by atoms with E-state index in [1.54, 1.807) is 18.4 Å². The molecule has 0 unspecified atom stereocenters. The Morgan fingerprint density at radius 2 is 2.12 bits per heavy atom. The lowest BCUT2D eigenvalue weighted by molar-refractivity contribution is -0.00138. The maximum absolute atomic E-state index is 12.9. The van der Waals surface area contributed by atoms with Crippen LogP contribution in [0.25, 0.3) is 10.1 Å². The van der Waals surface area contributed by atoms with Gasteiger partial charge in [0.05, 0.1) is 17.5 Å². The molecule has 1 aliphatic carbocycles. The lowest BCUT2D eigenvalue weighted by Crippen LogP contribution is -2.65. The fourth-order valence-corrected chi connectivity index (χ4v) is 6.01. The van der Waals surface area contributed by atoms with E-state index in [-0.39, 0.29) is 5.91 Å². The summed E-state index contributed by atoms with van der Waals surface area (Å²) >= 11 is 1.59. The molecule has 4 heterocycles. The number of hydrogen-bond donors (Lipinski definition) is 1. The molecule has 6 rings (SSSR count). The van der Waals surface area contributed by atoms with Crippen LogP contribution < -0.4 is 5.32 Å². The van der Waals surface area contributed by atoms with Crippen molar-refractivity contribution in [1.29, 1.82) is 0 Å². The summed E-state index contributed by atoms with van der Waals surface area (Å²) in [6.45, 7) is 3.06. The summed E-state index contributed by atoms with van der Waals surface area (Å²) in [5.74, 6) is 0.777. The van der Waals surface area contributed by atoms with E-state index >= 15 is 0 Å². The van der Waals surface area contributed by atoms with Crippen LogP contribution in [0, 0.1) is 5.92 Å². The van der Waals surface area contributed by atoms with Gasteiger partial charge in [-0.15, -0.1) is 11.3 Å². The van der Waals surface area contributed by atoms with Gasteiger partial charge in [-0.2, -0.15) is 0 Å². The Balaban J connectivity index is 1.38. The average molecular weight is 356 g/mol. The first-order valence-electron chi connectivity index (χ1n) is 9.27. The number of nitrogens with one attached hydrogen (secondary N) is 1. The molecule has 1 amide bonds. The zero-order valence-corrected chi connectivity index (χ0v) is 15.4. The van der Waals surface area contributed by atoms with Crippen molar-refractivity contribution < 1.29 is 9.53 Å². The molecule has 1 aromatic carbocycles. The normalized spacial score (nSPS) is 29.2.